The Balaban J connectivity index is 0.000000561. The van der Waals surface area contributed by atoms with Crippen molar-refractivity contribution in [1.82, 2.24) is 0 Å². The predicted molar refractivity (Wildman–Crippen MR) is 50.4 cm³/mol. The van der Waals surface area contributed by atoms with Crippen molar-refractivity contribution in [3.05, 3.63) is 18.2 Å². The van der Waals surface area contributed by atoms with E-state index < -0.39 is 0 Å². The highest BCUT2D eigenvalue weighted by Gasteiger charge is 1.96. The number of benzene rings is 1. The summed E-state index contributed by atoms with van der Waals surface area (Å²) in [5, 5.41) is 9.03. The van der Waals surface area contributed by atoms with E-state index in [0.717, 1.165) is 0 Å². The molecule has 0 fully saturated rings. The van der Waals surface area contributed by atoms with E-state index >= 15 is 0 Å². The topological polar surface area (TPSA) is 55.5 Å². The van der Waals surface area contributed by atoms with Crippen LogP contribution in [0, 0.1) is 0 Å². The second-order valence-electron chi connectivity index (χ2n) is 1.92. The summed E-state index contributed by atoms with van der Waals surface area (Å²) in [6, 6.07) is 4.75. The molecule has 3 N–H and O–H groups in total. The fraction of sp³-hybridized carbons (Fsp3) is 0.333. The second-order valence-corrected chi connectivity index (χ2v) is 1.92. The molecule has 0 saturated carbocycles. The van der Waals surface area contributed by atoms with Gasteiger partial charge in [-0.25, -0.2) is 0 Å². The van der Waals surface area contributed by atoms with Gasteiger partial charge in [0.1, 0.15) is 11.5 Å². The first-order valence-corrected chi connectivity index (χ1v) is 3.86. The van der Waals surface area contributed by atoms with E-state index in [1.807, 2.05) is 13.8 Å². The Labute approximate surface area is 72.8 Å². The Morgan fingerprint density at radius 1 is 1.33 bits per heavy atom. The van der Waals surface area contributed by atoms with E-state index in [9.17, 15) is 0 Å². The smallest absolute Gasteiger partial charge is 0.142 e. The molecule has 3 nitrogen and oxygen atoms in total. The molecule has 0 spiro atoms. The third-order valence-electron chi connectivity index (χ3n) is 1.24. The standard InChI is InChI=1S/C7H9NO2.C2H6/c1-10-5-2-3-6(8)7(9)4-5;1-2/h2-4,9H,8H2,1H3;1-2H3. The molecule has 12 heavy (non-hydrogen) atoms. The first kappa shape index (κ1) is 10.6. The molecule has 0 aliphatic heterocycles. The maximum absolute atomic E-state index is 9.03. The number of phenols is 1. The van der Waals surface area contributed by atoms with Crippen LogP contribution < -0.4 is 10.5 Å². The predicted octanol–water partition coefficient (Wildman–Crippen LogP) is 2.01. The van der Waals surface area contributed by atoms with Crippen LogP contribution in [-0.2, 0) is 0 Å². The molecule has 0 heterocycles. The van der Waals surface area contributed by atoms with Gasteiger partial charge in [0.05, 0.1) is 12.8 Å². The van der Waals surface area contributed by atoms with Crippen molar-refractivity contribution in [2.24, 2.45) is 0 Å². The number of anilines is 1. The molecular formula is C9H15NO2. The van der Waals surface area contributed by atoms with Crippen molar-refractivity contribution in [1.29, 1.82) is 0 Å². The van der Waals surface area contributed by atoms with Crippen LogP contribution in [0.15, 0.2) is 18.2 Å². The molecule has 68 valence electrons. The van der Waals surface area contributed by atoms with E-state index in [1.54, 1.807) is 12.1 Å². The molecule has 0 aromatic heterocycles. The average molecular weight is 169 g/mol. The lowest BCUT2D eigenvalue weighted by Crippen LogP contribution is -1.86. The van der Waals surface area contributed by atoms with Gasteiger partial charge in [-0.3, -0.25) is 0 Å². The van der Waals surface area contributed by atoms with Gasteiger partial charge >= 0.3 is 0 Å². The van der Waals surface area contributed by atoms with Crippen LogP contribution in [0.4, 0.5) is 5.69 Å². The quantitative estimate of drug-likeness (QED) is 0.499. The van der Waals surface area contributed by atoms with Gasteiger partial charge in [-0.15, -0.1) is 0 Å². The number of aromatic hydroxyl groups is 1. The van der Waals surface area contributed by atoms with Crippen LogP contribution >= 0.6 is 0 Å². The lowest BCUT2D eigenvalue weighted by atomic mass is 10.3. The van der Waals surface area contributed by atoms with Gasteiger partial charge in [0.2, 0.25) is 0 Å². The summed E-state index contributed by atoms with van der Waals surface area (Å²) in [5.74, 6) is 0.658. The summed E-state index contributed by atoms with van der Waals surface area (Å²) >= 11 is 0. The average Bonchev–Trinajstić information content (AvgIpc) is 2.13. The van der Waals surface area contributed by atoms with Crippen molar-refractivity contribution in [3.63, 3.8) is 0 Å². The minimum atomic E-state index is 0.0550. The Kier molecular flexibility index (Phi) is 4.69. The largest absolute Gasteiger partial charge is 0.506 e. The van der Waals surface area contributed by atoms with Gasteiger partial charge in [0.25, 0.3) is 0 Å². The monoisotopic (exact) mass is 169 g/mol. The van der Waals surface area contributed by atoms with Crippen molar-refractivity contribution in [3.8, 4) is 11.5 Å². The zero-order valence-corrected chi connectivity index (χ0v) is 7.66. The SMILES string of the molecule is CC.COc1ccc(N)c(O)c1. The molecule has 3 heteroatoms. The zero-order chi connectivity index (χ0) is 9.56. The van der Waals surface area contributed by atoms with Gasteiger partial charge in [-0.2, -0.15) is 0 Å². The van der Waals surface area contributed by atoms with Gasteiger partial charge in [-0.05, 0) is 12.1 Å². The number of methoxy groups -OCH3 is 1. The molecule has 1 aromatic rings. The summed E-state index contributed by atoms with van der Waals surface area (Å²) in [5.41, 5.74) is 5.70. The lowest BCUT2D eigenvalue weighted by molar-refractivity contribution is 0.408. The van der Waals surface area contributed by atoms with Crippen molar-refractivity contribution in [2.45, 2.75) is 13.8 Å². The highest BCUT2D eigenvalue weighted by atomic mass is 16.5. The van der Waals surface area contributed by atoms with E-state index in [-0.39, 0.29) is 5.75 Å². The first-order chi connectivity index (χ1) is 5.74. The number of ether oxygens (including phenoxy) is 1. The van der Waals surface area contributed by atoms with Crippen LogP contribution in [-0.4, -0.2) is 12.2 Å². The molecule has 0 aliphatic rings. The fourth-order valence-electron chi connectivity index (χ4n) is 0.650. The minimum absolute atomic E-state index is 0.0550. The van der Waals surface area contributed by atoms with E-state index in [2.05, 4.69) is 0 Å². The fourth-order valence-corrected chi connectivity index (χ4v) is 0.650. The third kappa shape index (κ3) is 2.70. The molecule has 0 amide bonds. The van der Waals surface area contributed by atoms with Gasteiger partial charge in [-0.1, -0.05) is 13.8 Å². The molecule has 0 radical (unpaired) electrons. The van der Waals surface area contributed by atoms with Crippen LogP contribution in [0.3, 0.4) is 0 Å². The number of nitrogen functional groups attached to an aromatic ring is 1. The number of hydrogen-bond acceptors (Lipinski definition) is 3. The summed E-state index contributed by atoms with van der Waals surface area (Å²) in [7, 11) is 1.53. The lowest BCUT2D eigenvalue weighted by Gasteiger charge is -2.01. The Bertz CT molecular complexity index is 236. The Hall–Kier alpha value is -1.38. The number of nitrogens with two attached hydrogens (primary N) is 1. The van der Waals surface area contributed by atoms with Crippen LogP contribution in [0.25, 0.3) is 0 Å². The number of rotatable bonds is 1. The third-order valence-corrected chi connectivity index (χ3v) is 1.24. The molecule has 0 aliphatic carbocycles. The maximum atomic E-state index is 9.03. The van der Waals surface area contributed by atoms with E-state index in [1.165, 1.54) is 13.2 Å². The van der Waals surface area contributed by atoms with Crippen molar-refractivity contribution in [2.75, 3.05) is 12.8 Å². The van der Waals surface area contributed by atoms with Gasteiger partial charge in [0.15, 0.2) is 0 Å². The summed E-state index contributed by atoms with van der Waals surface area (Å²) < 4.78 is 4.83. The van der Waals surface area contributed by atoms with Gasteiger partial charge in [0, 0.05) is 6.07 Å². The summed E-state index contributed by atoms with van der Waals surface area (Å²) in [4.78, 5) is 0. The Morgan fingerprint density at radius 3 is 2.33 bits per heavy atom. The van der Waals surface area contributed by atoms with Crippen LogP contribution in [0.5, 0.6) is 11.5 Å². The summed E-state index contributed by atoms with van der Waals surface area (Å²) in [6.07, 6.45) is 0. The normalized spacial score (nSPS) is 8.25. The highest BCUT2D eigenvalue weighted by molar-refractivity contribution is 5.54. The number of phenolic OH excluding ortho intramolecular Hbond substituents is 1. The van der Waals surface area contributed by atoms with Crippen molar-refractivity contribution >= 4 is 5.69 Å². The molecular weight excluding hydrogens is 154 g/mol. The highest BCUT2D eigenvalue weighted by Crippen LogP contribution is 2.24. The molecule has 1 aromatic carbocycles. The van der Waals surface area contributed by atoms with E-state index in [0.29, 0.717) is 11.4 Å². The second kappa shape index (κ2) is 5.29. The molecule has 0 atom stereocenters. The Morgan fingerprint density at radius 2 is 1.92 bits per heavy atom. The van der Waals surface area contributed by atoms with Crippen LogP contribution in [0.2, 0.25) is 0 Å². The van der Waals surface area contributed by atoms with Crippen molar-refractivity contribution < 1.29 is 9.84 Å². The summed E-state index contributed by atoms with van der Waals surface area (Å²) in [6.45, 7) is 4.00. The minimum Gasteiger partial charge on any atom is -0.506 e. The van der Waals surface area contributed by atoms with E-state index in [4.69, 9.17) is 15.6 Å². The first-order valence-electron chi connectivity index (χ1n) is 3.86. The molecule has 1 rings (SSSR count). The zero-order valence-electron chi connectivity index (χ0n) is 7.66. The number of hydrogen-bond donors (Lipinski definition) is 2. The molecule has 0 bridgehead atoms. The maximum Gasteiger partial charge on any atom is 0.142 e. The molecule has 0 saturated heterocycles. The molecule has 0 unspecified atom stereocenters. The van der Waals surface area contributed by atoms with Crippen LogP contribution in [0.1, 0.15) is 13.8 Å². The van der Waals surface area contributed by atoms with Gasteiger partial charge < -0.3 is 15.6 Å².